The summed E-state index contributed by atoms with van der Waals surface area (Å²) in [5.41, 5.74) is -0.283. The number of amides is 1. The molecule has 1 amide bonds. The first-order valence-electron chi connectivity index (χ1n) is 15.4. The van der Waals surface area contributed by atoms with Gasteiger partial charge in [0.25, 0.3) is 0 Å². The van der Waals surface area contributed by atoms with Crippen LogP contribution in [0.2, 0.25) is 18.1 Å². The fourth-order valence-corrected chi connectivity index (χ4v) is 6.02. The average Bonchev–Trinajstić information content (AvgIpc) is 3.28. The van der Waals surface area contributed by atoms with Crippen LogP contribution in [0.5, 0.6) is 0 Å². The molecule has 1 aromatic rings. The monoisotopic (exact) mass is 640 g/mol. The molecule has 3 rings (SSSR count). The molecule has 1 fully saturated rings. The number of carbonyl (C=O) groups excluding carboxylic acids is 2. The van der Waals surface area contributed by atoms with E-state index >= 15 is 0 Å². The lowest BCUT2D eigenvalue weighted by molar-refractivity contribution is -0.160. The van der Waals surface area contributed by atoms with Gasteiger partial charge < -0.3 is 18.8 Å². The van der Waals surface area contributed by atoms with Gasteiger partial charge in [0.15, 0.2) is 8.32 Å². The van der Waals surface area contributed by atoms with Gasteiger partial charge in [0.1, 0.15) is 11.2 Å². The van der Waals surface area contributed by atoms with Crippen LogP contribution in [0, 0.1) is 5.92 Å². The van der Waals surface area contributed by atoms with Crippen LogP contribution in [0.15, 0.2) is 24.3 Å². The van der Waals surface area contributed by atoms with E-state index in [1.807, 2.05) is 31.7 Å². The standard InChI is InChI=1S/C33H51F3N2O5Si/c1-30(2,3)42-28(39)22-14-16-37(17-15-22)27-19-24(33(34,35)36)12-13-26(27)23-18-25(21-41-44(10,11)32(7,8)9)38(20-23)29(40)43-31(4,5)6/h12-13,18-19,22,25H,14-17,20-21H2,1-11H3/t25-/m0/s1. The first kappa shape index (κ1) is 35.9. The van der Waals surface area contributed by atoms with E-state index in [2.05, 4.69) is 33.9 Å². The Morgan fingerprint density at radius 1 is 0.909 bits per heavy atom. The number of anilines is 1. The lowest BCUT2D eigenvalue weighted by Gasteiger charge is -2.38. The van der Waals surface area contributed by atoms with Crippen LogP contribution in [0.1, 0.15) is 86.3 Å². The van der Waals surface area contributed by atoms with E-state index in [1.165, 1.54) is 12.1 Å². The van der Waals surface area contributed by atoms with E-state index in [0.717, 1.165) is 11.6 Å². The van der Waals surface area contributed by atoms with Crippen molar-refractivity contribution in [2.45, 2.75) is 117 Å². The van der Waals surface area contributed by atoms with E-state index < -0.39 is 43.4 Å². The number of hydrogen-bond donors (Lipinski definition) is 0. The van der Waals surface area contributed by atoms with E-state index in [1.54, 1.807) is 25.7 Å². The van der Waals surface area contributed by atoms with E-state index in [9.17, 15) is 22.8 Å². The Kier molecular flexibility index (Phi) is 10.4. The number of carbonyl (C=O) groups is 2. The molecule has 2 heterocycles. The van der Waals surface area contributed by atoms with Crippen LogP contribution in [0.3, 0.4) is 0 Å². The van der Waals surface area contributed by atoms with Gasteiger partial charge in [-0.1, -0.05) is 32.9 Å². The summed E-state index contributed by atoms with van der Waals surface area (Å²) in [6.07, 6.45) is -2.16. The molecule has 0 bridgehead atoms. The maximum Gasteiger partial charge on any atom is 0.416 e. The minimum atomic E-state index is -4.52. The molecule has 44 heavy (non-hydrogen) atoms. The second-order valence-electron chi connectivity index (χ2n) is 15.5. The summed E-state index contributed by atoms with van der Waals surface area (Å²) in [4.78, 5) is 29.6. The van der Waals surface area contributed by atoms with Crippen LogP contribution < -0.4 is 4.90 Å². The molecule has 248 valence electrons. The van der Waals surface area contributed by atoms with Crippen molar-refractivity contribution in [1.29, 1.82) is 0 Å². The van der Waals surface area contributed by atoms with Crippen molar-refractivity contribution in [3.8, 4) is 0 Å². The van der Waals surface area contributed by atoms with Gasteiger partial charge in [0, 0.05) is 24.3 Å². The molecule has 0 aliphatic carbocycles. The van der Waals surface area contributed by atoms with Crippen molar-refractivity contribution in [2.24, 2.45) is 5.92 Å². The van der Waals surface area contributed by atoms with Crippen LogP contribution in [0.25, 0.3) is 5.57 Å². The largest absolute Gasteiger partial charge is 0.460 e. The molecular weight excluding hydrogens is 589 g/mol. The minimum Gasteiger partial charge on any atom is -0.460 e. The Balaban J connectivity index is 1.96. The number of benzene rings is 1. The normalized spacial score (nSPS) is 19.2. The highest BCUT2D eigenvalue weighted by Gasteiger charge is 2.41. The second-order valence-corrected chi connectivity index (χ2v) is 20.3. The zero-order chi connectivity index (χ0) is 33.5. The van der Waals surface area contributed by atoms with Crippen molar-refractivity contribution in [3.05, 3.63) is 35.4 Å². The van der Waals surface area contributed by atoms with Crippen molar-refractivity contribution in [2.75, 3.05) is 31.1 Å². The van der Waals surface area contributed by atoms with Gasteiger partial charge in [-0.25, -0.2) is 4.79 Å². The average molecular weight is 641 g/mol. The predicted octanol–water partition coefficient (Wildman–Crippen LogP) is 8.29. The number of piperidine rings is 1. The molecule has 0 unspecified atom stereocenters. The summed E-state index contributed by atoms with van der Waals surface area (Å²) >= 11 is 0. The topological polar surface area (TPSA) is 68.3 Å². The lowest BCUT2D eigenvalue weighted by atomic mass is 9.94. The molecule has 0 aromatic heterocycles. The summed E-state index contributed by atoms with van der Waals surface area (Å²) < 4.78 is 59.4. The fraction of sp³-hybridized carbons (Fsp3) is 0.697. The summed E-state index contributed by atoms with van der Waals surface area (Å²) in [7, 11) is -2.16. The zero-order valence-electron chi connectivity index (χ0n) is 28.3. The molecule has 0 saturated carbocycles. The molecule has 0 N–H and O–H groups in total. The number of rotatable bonds is 6. The smallest absolute Gasteiger partial charge is 0.416 e. The first-order valence-corrected chi connectivity index (χ1v) is 18.3. The summed E-state index contributed by atoms with van der Waals surface area (Å²) in [6.45, 7) is 22.8. The quantitative estimate of drug-likeness (QED) is 0.230. The van der Waals surface area contributed by atoms with Gasteiger partial charge in [-0.05, 0) is 90.2 Å². The zero-order valence-corrected chi connectivity index (χ0v) is 29.3. The molecular formula is C33H51F3N2O5Si. The number of ether oxygens (including phenoxy) is 2. The number of nitrogens with zero attached hydrogens (tertiary/aromatic N) is 2. The van der Waals surface area contributed by atoms with Crippen LogP contribution in [-0.2, 0) is 24.9 Å². The van der Waals surface area contributed by atoms with Crippen molar-refractivity contribution >= 4 is 31.6 Å². The third-order valence-electron chi connectivity index (χ3n) is 8.43. The molecule has 0 spiro atoms. The van der Waals surface area contributed by atoms with Crippen molar-refractivity contribution < 1.29 is 36.7 Å². The Hall–Kier alpha value is -2.53. The van der Waals surface area contributed by atoms with Gasteiger partial charge in [-0.2, -0.15) is 13.2 Å². The lowest BCUT2D eigenvalue weighted by Crippen LogP contribution is -2.47. The number of hydrogen-bond acceptors (Lipinski definition) is 6. The Labute approximate surface area is 262 Å². The van der Waals surface area contributed by atoms with E-state index in [4.69, 9.17) is 13.9 Å². The maximum absolute atomic E-state index is 13.9. The number of alkyl halides is 3. The Morgan fingerprint density at radius 2 is 1.48 bits per heavy atom. The van der Waals surface area contributed by atoms with Gasteiger partial charge >= 0.3 is 18.2 Å². The van der Waals surface area contributed by atoms with E-state index in [0.29, 0.717) is 37.2 Å². The molecule has 11 heteroatoms. The maximum atomic E-state index is 13.9. The molecule has 2 aliphatic heterocycles. The summed E-state index contributed by atoms with van der Waals surface area (Å²) in [5, 5.41) is -0.0408. The third kappa shape index (κ3) is 9.25. The molecule has 2 aliphatic rings. The van der Waals surface area contributed by atoms with Crippen LogP contribution in [0.4, 0.5) is 23.7 Å². The van der Waals surface area contributed by atoms with E-state index in [-0.39, 0.29) is 30.1 Å². The van der Waals surface area contributed by atoms with Gasteiger partial charge in [-0.3, -0.25) is 9.69 Å². The van der Waals surface area contributed by atoms with Gasteiger partial charge in [0.2, 0.25) is 0 Å². The highest BCUT2D eigenvalue weighted by molar-refractivity contribution is 6.74. The highest BCUT2D eigenvalue weighted by atomic mass is 28.4. The van der Waals surface area contributed by atoms with Crippen molar-refractivity contribution in [1.82, 2.24) is 4.90 Å². The first-order chi connectivity index (χ1) is 19.9. The van der Waals surface area contributed by atoms with Crippen molar-refractivity contribution in [3.63, 3.8) is 0 Å². The Bertz CT molecular complexity index is 1230. The summed E-state index contributed by atoms with van der Waals surface area (Å²) in [6, 6.07) is 3.32. The molecule has 7 nitrogen and oxygen atoms in total. The van der Waals surface area contributed by atoms with Crippen LogP contribution >= 0.6 is 0 Å². The van der Waals surface area contributed by atoms with Gasteiger partial charge in [-0.15, -0.1) is 0 Å². The highest BCUT2D eigenvalue weighted by Crippen LogP contribution is 2.41. The summed E-state index contributed by atoms with van der Waals surface area (Å²) in [5.74, 6) is -0.595. The SMILES string of the molecule is CC(C)(C)OC(=O)C1CCN(c2cc(C(F)(F)F)ccc2C2=C[C@@H](CO[Si](C)(C)C(C)(C)C)N(C(=O)OC(C)(C)C)C2)CC1. The Morgan fingerprint density at radius 3 is 1.98 bits per heavy atom. The molecule has 0 radical (unpaired) electrons. The van der Waals surface area contributed by atoms with Crippen LogP contribution in [-0.4, -0.2) is 68.8 Å². The minimum absolute atomic E-state index is 0.0408. The molecule has 1 aromatic carbocycles. The third-order valence-corrected chi connectivity index (χ3v) is 12.9. The fourth-order valence-electron chi connectivity index (χ4n) is 5.00. The molecule has 1 atom stereocenters. The molecule has 1 saturated heterocycles. The second kappa shape index (κ2) is 12.7. The predicted molar refractivity (Wildman–Crippen MR) is 170 cm³/mol. The number of esters is 1. The van der Waals surface area contributed by atoms with Gasteiger partial charge in [0.05, 0.1) is 30.7 Å². The number of halogens is 3.